The van der Waals surface area contributed by atoms with Crippen LogP contribution in [0.5, 0.6) is 0 Å². The molecule has 5 heteroatoms. The normalized spacial score (nSPS) is 14.3. The summed E-state index contributed by atoms with van der Waals surface area (Å²) in [6, 6.07) is 52.2. The number of benzene rings is 6. The van der Waals surface area contributed by atoms with Gasteiger partial charge in [-0.1, -0.05) is 84.9 Å². The average Bonchev–Trinajstić information content (AvgIpc) is 3.70. The minimum Gasteiger partial charge on any atom is -0.309 e. The lowest BCUT2D eigenvalue weighted by molar-refractivity contribution is 0.816. The number of aromatic nitrogens is 2. The van der Waals surface area contributed by atoms with Gasteiger partial charge in [-0.25, -0.2) is 0 Å². The summed E-state index contributed by atoms with van der Waals surface area (Å²) in [5.41, 5.74) is 11.0. The minimum atomic E-state index is -0.166. The molecule has 0 amide bonds. The highest BCUT2D eigenvalue weighted by Crippen LogP contribution is 2.43. The van der Waals surface area contributed by atoms with Crippen LogP contribution in [0.3, 0.4) is 0 Å². The molecule has 8 aromatic rings. The Hall–Kier alpha value is -7.13. The first-order valence-corrected chi connectivity index (χ1v) is 16.6. The summed E-state index contributed by atoms with van der Waals surface area (Å²) in [6.45, 7) is 0. The predicted octanol–water partition coefficient (Wildman–Crippen LogP) is 10.6. The smallest absolute Gasteiger partial charge is 0.0998 e. The van der Waals surface area contributed by atoms with Gasteiger partial charge in [0.25, 0.3) is 0 Å². The van der Waals surface area contributed by atoms with Crippen LogP contribution in [0.4, 0.5) is 0 Å². The van der Waals surface area contributed by atoms with Crippen molar-refractivity contribution in [2.45, 2.75) is 12.3 Å². The fraction of sp³-hybridized carbons (Fsp3) is 0.0444. The van der Waals surface area contributed by atoms with Crippen LogP contribution in [-0.2, 0) is 0 Å². The van der Waals surface area contributed by atoms with Crippen molar-refractivity contribution in [3.63, 3.8) is 0 Å². The number of fused-ring (bicyclic) bond motifs is 6. The van der Waals surface area contributed by atoms with Gasteiger partial charge in [0.05, 0.1) is 57.1 Å². The topological polar surface area (TPSA) is 81.2 Å². The molecular formula is C45H27N5. The molecule has 6 aromatic carbocycles. The molecule has 0 N–H and O–H groups in total. The molecule has 1 atom stereocenters. The molecule has 0 saturated heterocycles. The average molecular weight is 638 g/mol. The Kier molecular flexibility index (Phi) is 6.70. The van der Waals surface area contributed by atoms with Crippen LogP contribution < -0.4 is 0 Å². The van der Waals surface area contributed by atoms with E-state index in [9.17, 15) is 15.8 Å². The van der Waals surface area contributed by atoms with E-state index < -0.39 is 0 Å². The second-order valence-corrected chi connectivity index (χ2v) is 12.6. The zero-order valence-corrected chi connectivity index (χ0v) is 26.9. The number of nitrogens with zero attached hydrogens (tertiary/aromatic N) is 5. The van der Waals surface area contributed by atoms with Crippen molar-refractivity contribution < 1.29 is 0 Å². The van der Waals surface area contributed by atoms with E-state index in [0.717, 1.165) is 77.3 Å². The van der Waals surface area contributed by atoms with Gasteiger partial charge >= 0.3 is 0 Å². The maximum Gasteiger partial charge on any atom is 0.0998 e. The van der Waals surface area contributed by atoms with Crippen LogP contribution >= 0.6 is 0 Å². The summed E-state index contributed by atoms with van der Waals surface area (Å²) >= 11 is 0. The Bertz CT molecular complexity index is 2890. The molecule has 0 fully saturated rings. The molecule has 0 bridgehead atoms. The third-order valence-electron chi connectivity index (χ3n) is 10.0. The first-order valence-electron chi connectivity index (χ1n) is 16.6. The van der Waals surface area contributed by atoms with Gasteiger partial charge in [0.1, 0.15) is 0 Å². The molecular weight excluding hydrogens is 611 g/mol. The highest BCUT2D eigenvalue weighted by Gasteiger charge is 2.27. The van der Waals surface area contributed by atoms with E-state index in [1.54, 1.807) is 0 Å². The van der Waals surface area contributed by atoms with Crippen LogP contribution in [0.15, 0.2) is 151 Å². The zero-order valence-electron chi connectivity index (χ0n) is 26.9. The summed E-state index contributed by atoms with van der Waals surface area (Å²) in [5.74, 6) is -0.166. The molecule has 1 unspecified atom stereocenters. The van der Waals surface area contributed by atoms with E-state index in [1.807, 2.05) is 72.8 Å². The van der Waals surface area contributed by atoms with Crippen LogP contribution in [0, 0.1) is 34.0 Å². The van der Waals surface area contributed by atoms with Crippen molar-refractivity contribution in [1.82, 2.24) is 9.13 Å². The van der Waals surface area contributed by atoms with Crippen molar-refractivity contribution in [2.75, 3.05) is 0 Å². The van der Waals surface area contributed by atoms with Gasteiger partial charge in [0, 0.05) is 38.7 Å². The highest BCUT2D eigenvalue weighted by molar-refractivity contribution is 6.12. The Morgan fingerprint density at radius 1 is 0.560 bits per heavy atom. The quantitative estimate of drug-likeness (QED) is 0.193. The SMILES string of the molecule is N#CC1=C(c2cccc(-n3c4ccccc4c4c(C#N)cccc43)c2)C=CCC1c1ccccc1-n1c2ccccc2c2cc(C#N)ccc21. The second kappa shape index (κ2) is 11.5. The van der Waals surface area contributed by atoms with Gasteiger partial charge < -0.3 is 9.13 Å². The van der Waals surface area contributed by atoms with E-state index in [4.69, 9.17) is 0 Å². The molecule has 1 aliphatic rings. The standard InChI is InChI=1S/C45H27N5/c46-26-29-22-23-43-38(24-29)36-14-2-5-19-41(36)50(43)40-18-4-1-13-35(40)34-17-9-16-33(39(34)28-48)30-10-7-12-32(25-30)49-42-20-6-3-15-37(42)45-31(27-47)11-8-21-44(45)49/h1-16,18-25,34H,17H2. The Labute approximate surface area is 288 Å². The van der Waals surface area contributed by atoms with Gasteiger partial charge in [0.15, 0.2) is 0 Å². The van der Waals surface area contributed by atoms with Crippen molar-refractivity contribution >= 4 is 49.2 Å². The Balaban J connectivity index is 1.22. The molecule has 2 heterocycles. The number of allylic oxidation sites excluding steroid dienone is 4. The molecule has 5 nitrogen and oxygen atoms in total. The van der Waals surface area contributed by atoms with Crippen molar-refractivity contribution in [1.29, 1.82) is 15.8 Å². The van der Waals surface area contributed by atoms with Crippen molar-refractivity contribution in [3.8, 4) is 29.6 Å². The molecule has 1 aliphatic carbocycles. The first-order chi connectivity index (χ1) is 24.7. The summed E-state index contributed by atoms with van der Waals surface area (Å²) in [5, 5.41) is 34.5. The highest BCUT2D eigenvalue weighted by atomic mass is 15.0. The lowest BCUT2D eigenvalue weighted by Crippen LogP contribution is -2.10. The van der Waals surface area contributed by atoms with Gasteiger partial charge in [-0.05, 0) is 83.8 Å². The number of rotatable bonds is 4. The third kappa shape index (κ3) is 4.30. The molecule has 9 rings (SSSR count). The van der Waals surface area contributed by atoms with Crippen LogP contribution in [0.25, 0.3) is 60.6 Å². The van der Waals surface area contributed by atoms with Crippen LogP contribution in [0.2, 0.25) is 0 Å². The molecule has 0 aliphatic heterocycles. The zero-order chi connectivity index (χ0) is 33.8. The molecule has 2 aromatic heterocycles. The molecule has 0 radical (unpaired) electrons. The number of para-hydroxylation sites is 3. The van der Waals surface area contributed by atoms with Gasteiger partial charge in [0.2, 0.25) is 0 Å². The fourth-order valence-electron chi connectivity index (χ4n) is 7.88. The lowest BCUT2D eigenvalue weighted by Gasteiger charge is -2.25. The summed E-state index contributed by atoms with van der Waals surface area (Å²) in [4.78, 5) is 0. The Morgan fingerprint density at radius 2 is 1.28 bits per heavy atom. The summed E-state index contributed by atoms with van der Waals surface area (Å²) in [6.07, 6.45) is 4.96. The summed E-state index contributed by atoms with van der Waals surface area (Å²) in [7, 11) is 0. The predicted molar refractivity (Wildman–Crippen MR) is 200 cm³/mol. The van der Waals surface area contributed by atoms with E-state index in [2.05, 4.69) is 100 Å². The molecule has 0 spiro atoms. The number of hydrogen-bond acceptors (Lipinski definition) is 3. The van der Waals surface area contributed by atoms with Gasteiger partial charge in [-0.15, -0.1) is 0 Å². The largest absolute Gasteiger partial charge is 0.309 e. The van der Waals surface area contributed by atoms with E-state index in [1.165, 1.54) is 0 Å². The minimum absolute atomic E-state index is 0.166. The van der Waals surface area contributed by atoms with E-state index >= 15 is 0 Å². The van der Waals surface area contributed by atoms with E-state index in [-0.39, 0.29) is 5.92 Å². The molecule has 0 saturated carbocycles. The second-order valence-electron chi connectivity index (χ2n) is 12.6. The summed E-state index contributed by atoms with van der Waals surface area (Å²) < 4.78 is 4.48. The van der Waals surface area contributed by atoms with Crippen molar-refractivity contribution in [3.05, 3.63) is 173 Å². The molecule has 232 valence electrons. The monoisotopic (exact) mass is 637 g/mol. The number of nitriles is 3. The maximum atomic E-state index is 10.9. The van der Waals surface area contributed by atoms with Gasteiger partial charge in [-0.3, -0.25) is 0 Å². The number of hydrogen-bond donors (Lipinski definition) is 0. The van der Waals surface area contributed by atoms with Crippen LogP contribution in [0.1, 0.15) is 34.6 Å². The molecule has 50 heavy (non-hydrogen) atoms. The lowest BCUT2D eigenvalue weighted by atomic mass is 9.80. The third-order valence-corrected chi connectivity index (χ3v) is 10.0. The van der Waals surface area contributed by atoms with Crippen LogP contribution in [-0.4, -0.2) is 9.13 Å². The first kappa shape index (κ1) is 29.0. The van der Waals surface area contributed by atoms with Crippen molar-refractivity contribution in [2.24, 2.45) is 0 Å². The van der Waals surface area contributed by atoms with E-state index in [0.29, 0.717) is 17.5 Å². The van der Waals surface area contributed by atoms with Gasteiger partial charge in [-0.2, -0.15) is 15.8 Å². The maximum absolute atomic E-state index is 10.9. The Morgan fingerprint density at radius 3 is 2.10 bits per heavy atom. The fourth-order valence-corrected chi connectivity index (χ4v) is 7.88.